The monoisotopic (exact) mass is 248 g/mol. The summed E-state index contributed by atoms with van der Waals surface area (Å²) in [6.45, 7) is 6.70. The predicted octanol–water partition coefficient (Wildman–Crippen LogP) is 4.50. The molecule has 0 bridgehead atoms. The molecule has 0 unspecified atom stereocenters. The number of hydrogen-bond donors (Lipinski definition) is 0. The molecule has 0 N–H and O–H groups in total. The first-order valence-corrected chi connectivity index (χ1v) is 7.65. The van der Waals surface area contributed by atoms with Crippen LogP contribution in [-0.4, -0.2) is 9.97 Å². The molecule has 0 aromatic carbocycles. The van der Waals surface area contributed by atoms with Crippen LogP contribution in [-0.2, 0) is 19.3 Å². The first-order valence-electron chi connectivity index (χ1n) is 7.65. The molecule has 102 valence electrons. The van der Waals surface area contributed by atoms with E-state index in [1.165, 1.54) is 49.8 Å². The van der Waals surface area contributed by atoms with Gasteiger partial charge in [-0.25, -0.2) is 9.97 Å². The minimum Gasteiger partial charge on any atom is -0.241 e. The van der Waals surface area contributed by atoms with Crippen LogP contribution in [0.3, 0.4) is 0 Å². The highest BCUT2D eigenvalue weighted by Crippen LogP contribution is 2.13. The fraction of sp³-hybridized carbons (Fsp3) is 0.750. The second-order valence-electron chi connectivity index (χ2n) is 5.07. The minimum absolute atomic E-state index is 1.03. The van der Waals surface area contributed by atoms with Crippen LogP contribution in [0.2, 0.25) is 0 Å². The van der Waals surface area contributed by atoms with E-state index in [4.69, 9.17) is 4.98 Å². The lowest BCUT2D eigenvalue weighted by Crippen LogP contribution is -2.05. The van der Waals surface area contributed by atoms with Gasteiger partial charge in [0.1, 0.15) is 5.82 Å². The van der Waals surface area contributed by atoms with Crippen molar-refractivity contribution >= 4 is 0 Å². The smallest absolute Gasteiger partial charge is 0.128 e. The van der Waals surface area contributed by atoms with Crippen molar-refractivity contribution in [2.24, 2.45) is 0 Å². The molecule has 1 aromatic rings. The van der Waals surface area contributed by atoms with Gasteiger partial charge in [-0.15, -0.1) is 0 Å². The van der Waals surface area contributed by atoms with E-state index in [0.29, 0.717) is 0 Å². The second kappa shape index (κ2) is 9.07. The topological polar surface area (TPSA) is 25.8 Å². The molecule has 2 heteroatoms. The average Bonchev–Trinajstić information content (AvgIpc) is 2.41. The van der Waals surface area contributed by atoms with Crippen molar-refractivity contribution in [1.82, 2.24) is 9.97 Å². The van der Waals surface area contributed by atoms with E-state index >= 15 is 0 Å². The summed E-state index contributed by atoms with van der Waals surface area (Å²) in [5.74, 6) is 1.04. The van der Waals surface area contributed by atoms with Gasteiger partial charge in [0.05, 0.1) is 0 Å². The molecule has 0 fully saturated rings. The quantitative estimate of drug-likeness (QED) is 0.643. The van der Waals surface area contributed by atoms with Crippen molar-refractivity contribution in [2.45, 2.75) is 78.6 Å². The SMILES string of the molecule is CCCCc1ncc(CCCC)c(CCCC)n1. The zero-order chi connectivity index (χ0) is 13.2. The zero-order valence-corrected chi connectivity index (χ0v) is 12.3. The number of nitrogens with zero attached hydrogens (tertiary/aromatic N) is 2. The number of unbranched alkanes of at least 4 members (excludes halogenated alkanes) is 3. The third kappa shape index (κ3) is 5.16. The summed E-state index contributed by atoms with van der Waals surface area (Å²) in [5, 5.41) is 0. The van der Waals surface area contributed by atoms with Crippen molar-refractivity contribution in [2.75, 3.05) is 0 Å². The molecule has 0 radical (unpaired) electrons. The Morgan fingerprint density at radius 2 is 1.44 bits per heavy atom. The van der Waals surface area contributed by atoms with Gasteiger partial charge in [0.2, 0.25) is 0 Å². The van der Waals surface area contributed by atoms with Crippen LogP contribution in [0.1, 0.15) is 76.4 Å². The van der Waals surface area contributed by atoms with Gasteiger partial charge in [-0.05, 0) is 37.7 Å². The lowest BCUT2D eigenvalue weighted by atomic mass is 10.0. The summed E-state index contributed by atoms with van der Waals surface area (Å²) in [6.07, 6.45) is 12.8. The third-order valence-electron chi connectivity index (χ3n) is 3.32. The lowest BCUT2D eigenvalue weighted by Gasteiger charge is -2.09. The summed E-state index contributed by atoms with van der Waals surface area (Å²) in [6, 6.07) is 0. The average molecular weight is 248 g/mol. The molecule has 0 aliphatic rings. The number of aromatic nitrogens is 2. The fourth-order valence-electron chi connectivity index (χ4n) is 2.08. The Hall–Kier alpha value is -0.920. The molecule has 0 aliphatic heterocycles. The lowest BCUT2D eigenvalue weighted by molar-refractivity contribution is 0.701. The van der Waals surface area contributed by atoms with Crippen molar-refractivity contribution < 1.29 is 0 Å². The van der Waals surface area contributed by atoms with Gasteiger partial charge >= 0.3 is 0 Å². The van der Waals surface area contributed by atoms with Crippen LogP contribution in [0.4, 0.5) is 0 Å². The van der Waals surface area contributed by atoms with Crippen molar-refractivity contribution in [3.63, 3.8) is 0 Å². The van der Waals surface area contributed by atoms with E-state index < -0.39 is 0 Å². The highest BCUT2D eigenvalue weighted by molar-refractivity contribution is 5.18. The van der Waals surface area contributed by atoms with Crippen molar-refractivity contribution in [1.29, 1.82) is 0 Å². The van der Waals surface area contributed by atoms with Gasteiger partial charge in [0.25, 0.3) is 0 Å². The molecule has 1 heterocycles. The van der Waals surface area contributed by atoms with Crippen LogP contribution < -0.4 is 0 Å². The van der Waals surface area contributed by atoms with Gasteiger partial charge < -0.3 is 0 Å². The molecular weight excluding hydrogens is 220 g/mol. The Bertz CT molecular complexity index is 334. The number of rotatable bonds is 9. The molecule has 0 aliphatic carbocycles. The highest BCUT2D eigenvalue weighted by atomic mass is 14.9. The molecule has 0 spiro atoms. The molecule has 18 heavy (non-hydrogen) atoms. The maximum absolute atomic E-state index is 4.79. The summed E-state index contributed by atoms with van der Waals surface area (Å²) in [5.41, 5.74) is 2.69. The maximum atomic E-state index is 4.79. The van der Waals surface area contributed by atoms with Gasteiger partial charge in [-0.1, -0.05) is 40.0 Å². The molecule has 2 nitrogen and oxygen atoms in total. The van der Waals surface area contributed by atoms with Crippen LogP contribution in [0, 0.1) is 0 Å². The Kier molecular flexibility index (Phi) is 7.63. The molecule has 0 amide bonds. The van der Waals surface area contributed by atoms with Crippen LogP contribution in [0.15, 0.2) is 6.20 Å². The number of hydrogen-bond acceptors (Lipinski definition) is 2. The van der Waals surface area contributed by atoms with Crippen LogP contribution >= 0.6 is 0 Å². The van der Waals surface area contributed by atoms with E-state index in [-0.39, 0.29) is 0 Å². The standard InChI is InChI=1S/C16H28N2/c1-4-7-10-14-13-17-16(12-9-6-3)18-15(14)11-8-5-2/h13H,4-12H2,1-3H3. The van der Waals surface area contributed by atoms with E-state index in [2.05, 4.69) is 32.0 Å². The first kappa shape index (κ1) is 15.1. The normalized spacial score (nSPS) is 10.8. The largest absolute Gasteiger partial charge is 0.241 e. The molecule has 0 atom stereocenters. The van der Waals surface area contributed by atoms with Gasteiger partial charge in [-0.2, -0.15) is 0 Å². The van der Waals surface area contributed by atoms with Crippen molar-refractivity contribution in [3.05, 3.63) is 23.3 Å². The van der Waals surface area contributed by atoms with E-state index in [9.17, 15) is 0 Å². The Balaban J connectivity index is 2.74. The zero-order valence-electron chi connectivity index (χ0n) is 12.3. The number of aryl methyl sites for hydroxylation is 3. The van der Waals surface area contributed by atoms with E-state index in [0.717, 1.165) is 25.1 Å². The van der Waals surface area contributed by atoms with Gasteiger partial charge in [0.15, 0.2) is 0 Å². The van der Waals surface area contributed by atoms with Gasteiger partial charge in [-0.3, -0.25) is 0 Å². The van der Waals surface area contributed by atoms with E-state index in [1.807, 2.05) is 0 Å². The predicted molar refractivity (Wildman–Crippen MR) is 77.9 cm³/mol. The molecule has 1 rings (SSSR count). The van der Waals surface area contributed by atoms with Crippen LogP contribution in [0.25, 0.3) is 0 Å². The summed E-state index contributed by atoms with van der Waals surface area (Å²) >= 11 is 0. The molecule has 1 aromatic heterocycles. The first-order chi connectivity index (χ1) is 8.81. The van der Waals surface area contributed by atoms with Gasteiger partial charge in [0, 0.05) is 18.3 Å². The third-order valence-corrected chi connectivity index (χ3v) is 3.32. The Morgan fingerprint density at radius 3 is 2.11 bits per heavy atom. The van der Waals surface area contributed by atoms with Crippen LogP contribution in [0.5, 0.6) is 0 Å². The Morgan fingerprint density at radius 1 is 0.833 bits per heavy atom. The summed E-state index contributed by atoms with van der Waals surface area (Å²) < 4.78 is 0. The highest BCUT2D eigenvalue weighted by Gasteiger charge is 2.06. The minimum atomic E-state index is 1.03. The molecule has 0 saturated heterocycles. The summed E-state index contributed by atoms with van der Waals surface area (Å²) in [4.78, 5) is 9.32. The fourth-order valence-corrected chi connectivity index (χ4v) is 2.08. The second-order valence-corrected chi connectivity index (χ2v) is 5.07. The van der Waals surface area contributed by atoms with E-state index in [1.54, 1.807) is 0 Å². The molecule has 0 saturated carbocycles. The Labute approximate surface area is 112 Å². The van der Waals surface area contributed by atoms with Crippen molar-refractivity contribution in [3.8, 4) is 0 Å². The summed E-state index contributed by atoms with van der Waals surface area (Å²) in [7, 11) is 0. The maximum Gasteiger partial charge on any atom is 0.128 e. The molecular formula is C16H28N2.